The molecule has 0 atom stereocenters. The van der Waals surface area contributed by atoms with E-state index in [1.807, 2.05) is 42.5 Å². The molecule has 3 aromatic carbocycles. The molecule has 0 spiro atoms. The summed E-state index contributed by atoms with van der Waals surface area (Å²) in [6, 6.07) is 22.5. The largest absolute Gasteiger partial charge is 0.486 e. The molecule has 140 valence electrons. The third-order valence-electron chi connectivity index (χ3n) is 3.88. The Bertz CT molecular complexity index is 992. The second-order valence-corrected chi connectivity index (χ2v) is 6.68. The topological polar surface area (TPSA) is 54.6 Å². The van der Waals surface area contributed by atoms with Crippen LogP contribution < -0.4 is 4.74 Å². The van der Waals surface area contributed by atoms with E-state index in [0.29, 0.717) is 33.5 Å². The van der Waals surface area contributed by atoms with E-state index in [1.165, 1.54) is 6.21 Å². The first kappa shape index (κ1) is 19.8. The van der Waals surface area contributed by atoms with Crippen LogP contribution in [-0.4, -0.2) is 6.21 Å². The summed E-state index contributed by atoms with van der Waals surface area (Å²) in [4.78, 5) is 5.28. The fourth-order valence-corrected chi connectivity index (χ4v) is 3.09. The molecular formula is C22H16Cl2N2O2. The van der Waals surface area contributed by atoms with Gasteiger partial charge in [0.15, 0.2) is 5.75 Å². The molecule has 6 heteroatoms. The van der Waals surface area contributed by atoms with Gasteiger partial charge in [0.25, 0.3) is 0 Å². The van der Waals surface area contributed by atoms with Crippen LogP contribution in [0.25, 0.3) is 0 Å². The first-order valence-electron chi connectivity index (χ1n) is 8.46. The molecule has 3 aromatic rings. The zero-order chi connectivity index (χ0) is 19.8. The Labute approximate surface area is 173 Å². The number of rotatable bonds is 7. The van der Waals surface area contributed by atoms with Crippen LogP contribution in [0.15, 0.2) is 71.9 Å². The number of nitrogens with zero attached hydrogens (tertiary/aromatic N) is 2. The number of benzene rings is 3. The maximum absolute atomic E-state index is 9.07. The van der Waals surface area contributed by atoms with E-state index in [-0.39, 0.29) is 6.61 Å². The van der Waals surface area contributed by atoms with Crippen molar-refractivity contribution in [2.45, 2.75) is 13.2 Å². The number of hydrogen-bond acceptors (Lipinski definition) is 4. The Morgan fingerprint density at radius 1 is 0.929 bits per heavy atom. The van der Waals surface area contributed by atoms with Crippen LogP contribution in [0, 0.1) is 11.3 Å². The molecule has 0 aromatic heterocycles. The summed E-state index contributed by atoms with van der Waals surface area (Å²) in [7, 11) is 0. The van der Waals surface area contributed by atoms with Crippen molar-refractivity contribution in [2.75, 3.05) is 0 Å². The predicted molar refractivity (Wildman–Crippen MR) is 111 cm³/mol. The van der Waals surface area contributed by atoms with Crippen LogP contribution in [0.5, 0.6) is 5.75 Å². The van der Waals surface area contributed by atoms with Gasteiger partial charge in [0.2, 0.25) is 0 Å². The molecule has 0 unspecified atom stereocenters. The molecule has 0 fully saturated rings. The highest BCUT2D eigenvalue weighted by Gasteiger charge is 2.10. The van der Waals surface area contributed by atoms with Crippen molar-refractivity contribution in [1.29, 1.82) is 5.26 Å². The van der Waals surface area contributed by atoms with Crippen LogP contribution >= 0.6 is 23.2 Å². The molecule has 0 heterocycles. The summed E-state index contributed by atoms with van der Waals surface area (Å²) in [5.74, 6) is 0.424. The number of ether oxygens (including phenoxy) is 1. The SMILES string of the molecule is N#Cc1ccccc1CO/N=C\c1cc(Cl)c(OCc2ccccc2)c(Cl)c1. The second-order valence-electron chi connectivity index (χ2n) is 5.86. The van der Waals surface area contributed by atoms with Gasteiger partial charge in [0.05, 0.1) is 27.9 Å². The average molecular weight is 411 g/mol. The van der Waals surface area contributed by atoms with Gasteiger partial charge >= 0.3 is 0 Å². The molecule has 0 bridgehead atoms. The van der Waals surface area contributed by atoms with Crippen molar-refractivity contribution in [3.8, 4) is 11.8 Å². The summed E-state index contributed by atoms with van der Waals surface area (Å²) in [6.45, 7) is 0.565. The molecule has 28 heavy (non-hydrogen) atoms. The van der Waals surface area contributed by atoms with E-state index in [0.717, 1.165) is 11.1 Å². The highest BCUT2D eigenvalue weighted by atomic mass is 35.5. The van der Waals surface area contributed by atoms with Crippen molar-refractivity contribution in [1.82, 2.24) is 0 Å². The molecular weight excluding hydrogens is 395 g/mol. The van der Waals surface area contributed by atoms with Crippen molar-refractivity contribution in [3.05, 3.63) is 99.0 Å². The molecule has 0 radical (unpaired) electrons. The van der Waals surface area contributed by atoms with Gasteiger partial charge in [-0.2, -0.15) is 5.26 Å². The smallest absolute Gasteiger partial charge is 0.157 e. The van der Waals surface area contributed by atoms with Crippen molar-refractivity contribution in [2.24, 2.45) is 5.16 Å². The Balaban J connectivity index is 1.62. The van der Waals surface area contributed by atoms with E-state index < -0.39 is 0 Å². The van der Waals surface area contributed by atoms with Crippen molar-refractivity contribution < 1.29 is 9.57 Å². The maximum Gasteiger partial charge on any atom is 0.157 e. The third kappa shape index (κ3) is 5.26. The zero-order valence-electron chi connectivity index (χ0n) is 14.8. The van der Waals surface area contributed by atoms with E-state index in [1.54, 1.807) is 24.3 Å². The van der Waals surface area contributed by atoms with Gasteiger partial charge in [-0.1, -0.05) is 76.9 Å². The third-order valence-corrected chi connectivity index (χ3v) is 4.44. The fourth-order valence-electron chi connectivity index (χ4n) is 2.48. The van der Waals surface area contributed by atoms with E-state index >= 15 is 0 Å². The lowest BCUT2D eigenvalue weighted by molar-refractivity contribution is 0.132. The van der Waals surface area contributed by atoms with Gasteiger partial charge in [0, 0.05) is 5.56 Å². The van der Waals surface area contributed by atoms with Gasteiger partial charge in [-0.25, -0.2) is 0 Å². The average Bonchev–Trinajstić information content (AvgIpc) is 2.71. The summed E-state index contributed by atoms with van der Waals surface area (Å²) >= 11 is 12.6. The standard InChI is InChI=1S/C22H16Cl2N2O2/c23-20-10-17(13-26-28-15-19-9-5-4-8-18(19)12-25)11-21(24)22(20)27-14-16-6-2-1-3-7-16/h1-11,13H,14-15H2/b26-13-. The molecule has 0 saturated carbocycles. The van der Waals surface area contributed by atoms with Crippen molar-refractivity contribution >= 4 is 29.4 Å². The quantitative estimate of drug-likeness (QED) is 0.354. The maximum atomic E-state index is 9.07. The van der Waals surface area contributed by atoms with Crippen LogP contribution in [0.2, 0.25) is 10.0 Å². The second kappa shape index (κ2) is 9.80. The van der Waals surface area contributed by atoms with Crippen LogP contribution in [0.4, 0.5) is 0 Å². The summed E-state index contributed by atoms with van der Waals surface area (Å²) in [5.41, 5.74) is 3.02. The Morgan fingerprint density at radius 3 is 2.32 bits per heavy atom. The minimum absolute atomic E-state index is 0.194. The van der Waals surface area contributed by atoms with Crippen LogP contribution in [0.3, 0.4) is 0 Å². The molecule has 0 aliphatic rings. The number of nitriles is 1. The van der Waals surface area contributed by atoms with E-state index in [4.69, 9.17) is 38.0 Å². The van der Waals surface area contributed by atoms with Crippen LogP contribution in [0.1, 0.15) is 22.3 Å². The minimum atomic E-state index is 0.194. The number of halogens is 2. The monoisotopic (exact) mass is 410 g/mol. The highest BCUT2D eigenvalue weighted by Crippen LogP contribution is 2.34. The molecule has 0 N–H and O–H groups in total. The van der Waals surface area contributed by atoms with Gasteiger partial charge in [0.1, 0.15) is 13.2 Å². The lowest BCUT2D eigenvalue weighted by Crippen LogP contribution is -1.97. The first-order valence-corrected chi connectivity index (χ1v) is 9.22. The molecule has 3 rings (SSSR count). The molecule has 0 aliphatic heterocycles. The Morgan fingerprint density at radius 2 is 1.61 bits per heavy atom. The number of oxime groups is 1. The Hall–Kier alpha value is -3.00. The number of hydrogen-bond donors (Lipinski definition) is 0. The van der Waals surface area contributed by atoms with Gasteiger partial charge in [-0.15, -0.1) is 0 Å². The Kier molecular flexibility index (Phi) is 6.91. The summed E-state index contributed by atoms with van der Waals surface area (Å²) in [5, 5.41) is 13.8. The normalized spacial score (nSPS) is 10.6. The summed E-state index contributed by atoms with van der Waals surface area (Å²) in [6.07, 6.45) is 1.51. The van der Waals surface area contributed by atoms with E-state index in [9.17, 15) is 0 Å². The van der Waals surface area contributed by atoms with Gasteiger partial charge in [-0.05, 0) is 29.3 Å². The highest BCUT2D eigenvalue weighted by molar-refractivity contribution is 6.37. The molecule has 0 aliphatic carbocycles. The fraction of sp³-hybridized carbons (Fsp3) is 0.0909. The zero-order valence-corrected chi connectivity index (χ0v) is 16.3. The molecule has 0 amide bonds. The van der Waals surface area contributed by atoms with Gasteiger partial charge in [-0.3, -0.25) is 0 Å². The van der Waals surface area contributed by atoms with E-state index in [2.05, 4.69) is 11.2 Å². The van der Waals surface area contributed by atoms with Gasteiger partial charge < -0.3 is 9.57 Å². The lowest BCUT2D eigenvalue weighted by atomic mass is 10.1. The predicted octanol–water partition coefficient (Wildman–Crippen LogP) is 5.99. The summed E-state index contributed by atoms with van der Waals surface area (Å²) < 4.78 is 5.75. The first-order chi connectivity index (χ1) is 13.7. The lowest BCUT2D eigenvalue weighted by Gasteiger charge is -2.11. The minimum Gasteiger partial charge on any atom is -0.486 e. The van der Waals surface area contributed by atoms with Crippen molar-refractivity contribution in [3.63, 3.8) is 0 Å². The molecule has 0 saturated heterocycles. The molecule has 4 nitrogen and oxygen atoms in total. The van der Waals surface area contributed by atoms with Crippen LogP contribution in [-0.2, 0) is 18.1 Å².